The molecule has 0 atom stereocenters. The molecule has 96 valence electrons. The van der Waals surface area contributed by atoms with E-state index in [1.54, 1.807) is 0 Å². The Hall–Kier alpha value is -2.18. The van der Waals surface area contributed by atoms with Crippen LogP contribution in [0.1, 0.15) is 27.1 Å². The van der Waals surface area contributed by atoms with Crippen LogP contribution < -0.4 is 0 Å². The van der Waals surface area contributed by atoms with Crippen molar-refractivity contribution in [2.45, 2.75) is 12.6 Å². The van der Waals surface area contributed by atoms with Crippen LogP contribution >= 0.6 is 0 Å². The molecule has 7 heteroatoms. The van der Waals surface area contributed by atoms with Crippen molar-refractivity contribution in [2.75, 3.05) is 0 Å². The minimum Gasteiger partial charge on any atom is -0.481 e. The van der Waals surface area contributed by atoms with E-state index in [1.165, 1.54) is 0 Å². The summed E-state index contributed by atoms with van der Waals surface area (Å²) in [7, 11) is 0. The fourth-order valence-corrected chi connectivity index (χ4v) is 1.21. The van der Waals surface area contributed by atoms with Gasteiger partial charge in [0.1, 0.15) is 6.42 Å². The van der Waals surface area contributed by atoms with Gasteiger partial charge >= 0.3 is 12.1 Å². The second-order valence-corrected chi connectivity index (χ2v) is 3.40. The van der Waals surface area contributed by atoms with Gasteiger partial charge in [-0.1, -0.05) is 24.3 Å². The van der Waals surface area contributed by atoms with Gasteiger partial charge in [-0.2, -0.15) is 13.2 Å². The van der Waals surface area contributed by atoms with Crippen molar-refractivity contribution in [3.8, 4) is 0 Å². The van der Waals surface area contributed by atoms with Gasteiger partial charge in [-0.05, 0) is 0 Å². The number of Topliss-reactive ketones (excluding diaryl/α,β-unsaturated/α-hetero) is 2. The Kier molecular flexibility index (Phi) is 3.85. The van der Waals surface area contributed by atoms with Gasteiger partial charge in [-0.25, -0.2) is 0 Å². The lowest BCUT2D eigenvalue weighted by Gasteiger charge is -2.05. The van der Waals surface area contributed by atoms with Crippen molar-refractivity contribution in [1.29, 1.82) is 0 Å². The molecule has 1 rings (SSSR count). The highest BCUT2D eigenvalue weighted by molar-refractivity contribution is 6.06. The molecule has 0 amide bonds. The molecule has 0 heterocycles. The van der Waals surface area contributed by atoms with Crippen molar-refractivity contribution in [3.05, 3.63) is 35.4 Å². The Bertz CT molecular complexity index is 488. The second-order valence-electron chi connectivity index (χ2n) is 3.40. The molecule has 0 saturated heterocycles. The average Bonchev–Trinajstić information content (AvgIpc) is 2.26. The smallest absolute Gasteiger partial charge is 0.454 e. The average molecular weight is 260 g/mol. The number of alkyl halides is 3. The van der Waals surface area contributed by atoms with Gasteiger partial charge in [0.2, 0.25) is 0 Å². The molecular weight excluding hydrogens is 253 g/mol. The highest BCUT2D eigenvalue weighted by Crippen LogP contribution is 2.21. The lowest BCUT2D eigenvalue weighted by molar-refractivity contribution is -0.135. The first-order valence-electron chi connectivity index (χ1n) is 4.68. The number of carboxylic acid groups (broad SMARTS) is 1. The van der Waals surface area contributed by atoms with Gasteiger partial charge in [0, 0.05) is 11.1 Å². The molecule has 4 nitrogen and oxygen atoms in total. The van der Waals surface area contributed by atoms with Crippen molar-refractivity contribution in [1.82, 2.24) is 0 Å². The summed E-state index contributed by atoms with van der Waals surface area (Å²) in [4.78, 5) is 32.3. The molecule has 0 fully saturated rings. The molecule has 1 aromatic carbocycles. The summed E-state index contributed by atoms with van der Waals surface area (Å²) >= 11 is 0. The van der Waals surface area contributed by atoms with E-state index in [4.69, 9.17) is 5.11 Å². The zero-order valence-corrected chi connectivity index (χ0v) is 8.82. The normalized spacial score (nSPS) is 11.1. The zero-order chi connectivity index (χ0) is 13.9. The maximum absolute atomic E-state index is 12.1. The van der Waals surface area contributed by atoms with Crippen LogP contribution in [-0.2, 0) is 4.79 Å². The summed E-state index contributed by atoms with van der Waals surface area (Å²) < 4.78 is 36.2. The lowest BCUT2D eigenvalue weighted by atomic mass is 10.0. The molecule has 0 bridgehead atoms. The number of carboxylic acids is 1. The van der Waals surface area contributed by atoms with Gasteiger partial charge in [0.05, 0.1) is 0 Å². The van der Waals surface area contributed by atoms with Gasteiger partial charge in [0.25, 0.3) is 5.78 Å². The van der Waals surface area contributed by atoms with Crippen molar-refractivity contribution in [2.24, 2.45) is 0 Å². The first-order chi connectivity index (χ1) is 8.21. The molecule has 0 aliphatic rings. The van der Waals surface area contributed by atoms with Crippen molar-refractivity contribution in [3.63, 3.8) is 0 Å². The number of hydrogen-bond donors (Lipinski definition) is 1. The highest BCUT2D eigenvalue weighted by Gasteiger charge is 2.39. The van der Waals surface area contributed by atoms with Crippen LogP contribution in [0, 0.1) is 0 Å². The van der Waals surface area contributed by atoms with Crippen LogP contribution in [0.25, 0.3) is 0 Å². The molecule has 18 heavy (non-hydrogen) atoms. The molecule has 1 aromatic rings. The number of hydrogen-bond acceptors (Lipinski definition) is 3. The second kappa shape index (κ2) is 4.99. The largest absolute Gasteiger partial charge is 0.481 e. The summed E-state index contributed by atoms with van der Waals surface area (Å²) in [6.07, 6.45) is -5.74. The van der Waals surface area contributed by atoms with E-state index in [9.17, 15) is 27.6 Å². The van der Waals surface area contributed by atoms with Crippen LogP contribution in [-0.4, -0.2) is 28.8 Å². The topological polar surface area (TPSA) is 71.4 Å². The third kappa shape index (κ3) is 3.41. The number of halogens is 3. The molecule has 0 radical (unpaired) electrons. The van der Waals surface area contributed by atoms with E-state index >= 15 is 0 Å². The predicted octanol–water partition coefficient (Wildman–Crippen LogP) is 2.09. The zero-order valence-electron chi connectivity index (χ0n) is 8.82. The number of carbonyl (C=O) groups is 3. The SMILES string of the molecule is O=C(O)CC(=O)c1ccc(C(=O)C(F)(F)F)cc1. The number of aliphatic carboxylic acids is 1. The summed E-state index contributed by atoms with van der Waals surface area (Å²) in [6.45, 7) is 0. The maximum Gasteiger partial charge on any atom is 0.454 e. The summed E-state index contributed by atoms with van der Waals surface area (Å²) in [5.74, 6) is -4.09. The summed E-state index contributed by atoms with van der Waals surface area (Å²) in [5.41, 5.74) is -0.662. The minimum absolute atomic E-state index is 0.0591. The minimum atomic E-state index is -4.98. The molecular formula is C11H7F3O4. The Labute approximate surface area is 99.0 Å². The molecule has 0 aliphatic heterocycles. The van der Waals surface area contributed by atoms with E-state index in [1.807, 2.05) is 0 Å². The molecule has 0 unspecified atom stereocenters. The molecule has 1 N–H and O–H groups in total. The standard InChI is InChI=1S/C11H7F3O4/c12-11(13,14)10(18)7-3-1-6(2-4-7)8(15)5-9(16)17/h1-4H,5H2,(H,16,17). The number of ketones is 2. The van der Waals surface area contributed by atoms with Crippen molar-refractivity contribution >= 4 is 17.5 Å². The number of carbonyl (C=O) groups excluding carboxylic acids is 2. The highest BCUT2D eigenvalue weighted by atomic mass is 19.4. The number of benzene rings is 1. The fraction of sp³-hybridized carbons (Fsp3) is 0.182. The molecule has 0 aromatic heterocycles. The van der Waals surface area contributed by atoms with E-state index in [0.29, 0.717) is 0 Å². The van der Waals surface area contributed by atoms with Crippen LogP contribution in [0.5, 0.6) is 0 Å². The first-order valence-corrected chi connectivity index (χ1v) is 4.68. The van der Waals surface area contributed by atoms with Crippen LogP contribution in [0.15, 0.2) is 24.3 Å². The van der Waals surface area contributed by atoms with Gasteiger partial charge in [-0.15, -0.1) is 0 Å². The summed E-state index contributed by atoms with van der Waals surface area (Å²) in [6, 6.07) is 3.66. The van der Waals surface area contributed by atoms with Crippen molar-refractivity contribution < 1.29 is 32.7 Å². The molecule has 0 saturated carbocycles. The van der Waals surface area contributed by atoms with Crippen LogP contribution in [0.3, 0.4) is 0 Å². The molecule has 0 aliphatic carbocycles. The Morgan fingerprint density at radius 3 is 1.83 bits per heavy atom. The monoisotopic (exact) mass is 260 g/mol. The Morgan fingerprint density at radius 2 is 1.44 bits per heavy atom. The first kappa shape index (κ1) is 13.9. The summed E-state index contributed by atoms with van der Waals surface area (Å²) in [5, 5.41) is 8.37. The van der Waals surface area contributed by atoms with E-state index < -0.39 is 35.7 Å². The van der Waals surface area contributed by atoms with E-state index in [0.717, 1.165) is 24.3 Å². The van der Waals surface area contributed by atoms with Gasteiger partial charge in [0.15, 0.2) is 5.78 Å². The quantitative estimate of drug-likeness (QED) is 0.664. The third-order valence-electron chi connectivity index (χ3n) is 2.04. The lowest BCUT2D eigenvalue weighted by Crippen LogP contribution is -2.22. The van der Waals surface area contributed by atoms with Gasteiger partial charge in [-0.3, -0.25) is 14.4 Å². The maximum atomic E-state index is 12.1. The molecule has 0 spiro atoms. The number of rotatable bonds is 4. The fourth-order valence-electron chi connectivity index (χ4n) is 1.21. The van der Waals surface area contributed by atoms with E-state index in [-0.39, 0.29) is 5.56 Å². The van der Waals surface area contributed by atoms with E-state index in [2.05, 4.69) is 0 Å². The Morgan fingerprint density at radius 1 is 1.00 bits per heavy atom. The third-order valence-corrected chi connectivity index (χ3v) is 2.04. The van der Waals surface area contributed by atoms with Gasteiger partial charge < -0.3 is 5.11 Å². The predicted molar refractivity (Wildman–Crippen MR) is 53.4 cm³/mol. The van der Waals surface area contributed by atoms with Crippen LogP contribution in [0.2, 0.25) is 0 Å². The Balaban J connectivity index is 2.90. The van der Waals surface area contributed by atoms with Crippen LogP contribution in [0.4, 0.5) is 13.2 Å².